The van der Waals surface area contributed by atoms with Crippen molar-refractivity contribution >= 4 is 11.9 Å². The molecule has 3 amide bonds. The van der Waals surface area contributed by atoms with Crippen LogP contribution in [0.2, 0.25) is 0 Å². The maximum atomic E-state index is 12.8. The summed E-state index contributed by atoms with van der Waals surface area (Å²) in [5.41, 5.74) is -0.637. The molecule has 118 valence electrons. The molecule has 1 unspecified atom stereocenters. The number of carbonyl (C=O) groups excluding carboxylic acids is 2. The Morgan fingerprint density at radius 3 is 2.57 bits per heavy atom. The Bertz CT molecular complexity index is 418. The molecule has 0 bridgehead atoms. The zero-order chi connectivity index (χ0) is 14.9. The van der Waals surface area contributed by atoms with E-state index in [1.165, 1.54) is 4.90 Å². The number of rotatable bonds is 2. The molecular formula is C15H26N3O3+. The number of nitrogens with one attached hydrogen (secondary N) is 2. The van der Waals surface area contributed by atoms with Gasteiger partial charge in [0.05, 0.1) is 6.54 Å². The van der Waals surface area contributed by atoms with Gasteiger partial charge in [-0.3, -0.25) is 4.79 Å². The Morgan fingerprint density at radius 1 is 1.19 bits per heavy atom. The molecule has 3 N–H and O–H groups in total. The topological polar surface area (TPSA) is 74.1 Å². The predicted molar refractivity (Wildman–Crippen MR) is 76.6 cm³/mol. The number of urea groups is 1. The summed E-state index contributed by atoms with van der Waals surface area (Å²) >= 11 is 0. The molecule has 2 saturated heterocycles. The summed E-state index contributed by atoms with van der Waals surface area (Å²) in [5.74, 6) is -0.0398. The van der Waals surface area contributed by atoms with E-state index in [0.717, 1.165) is 62.8 Å². The fourth-order valence-corrected chi connectivity index (χ4v) is 3.98. The third-order valence-electron chi connectivity index (χ3n) is 5.18. The molecule has 3 rings (SSSR count). The lowest BCUT2D eigenvalue weighted by atomic mass is 9.90. The summed E-state index contributed by atoms with van der Waals surface area (Å²) in [6.45, 7) is 1.94. The molecule has 1 spiro atoms. The van der Waals surface area contributed by atoms with Crippen LogP contribution in [0.1, 0.15) is 51.4 Å². The van der Waals surface area contributed by atoms with E-state index in [-0.39, 0.29) is 18.0 Å². The van der Waals surface area contributed by atoms with Gasteiger partial charge in [0.1, 0.15) is 18.2 Å². The lowest BCUT2D eigenvalue weighted by Crippen LogP contribution is -3.15. The third kappa shape index (κ3) is 2.92. The van der Waals surface area contributed by atoms with Crippen LogP contribution in [0.4, 0.5) is 4.79 Å². The van der Waals surface area contributed by atoms with Gasteiger partial charge in [-0.15, -0.1) is 0 Å². The second kappa shape index (κ2) is 5.93. The minimum Gasteiger partial charge on any atom is -0.387 e. The lowest BCUT2D eigenvalue weighted by Gasteiger charge is -2.30. The van der Waals surface area contributed by atoms with Crippen LogP contribution in [0.5, 0.6) is 0 Å². The minimum atomic E-state index is -0.637. The molecule has 2 aliphatic heterocycles. The van der Waals surface area contributed by atoms with E-state index in [9.17, 15) is 14.7 Å². The van der Waals surface area contributed by atoms with Crippen LogP contribution in [-0.2, 0) is 4.79 Å². The second-order valence-corrected chi connectivity index (χ2v) is 6.82. The number of hydrogen-bond donors (Lipinski definition) is 3. The summed E-state index contributed by atoms with van der Waals surface area (Å²) < 4.78 is 0. The molecule has 0 aromatic rings. The number of nitrogens with zero attached hydrogens (tertiary/aromatic N) is 1. The number of amides is 3. The van der Waals surface area contributed by atoms with Gasteiger partial charge >= 0.3 is 6.03 Å². The number of carbonyl (C=O) groups is 2. The van der Waals surface area contributed by atoms with E-state index in [4.69, 9.17) is 0 Å². The van der Waals surface area contributed by atoms with Gasteiger partial charge in [-0.05, 0) is 25.7 Å². The van der Waals surface area contributed by atoms with Gasteiger partial charge in [0.25, 0.3) is 5.91 Å². The van der Waals surface area contributed by atoms with Gasteiger partial charge in [-0.25, -0.2) is 9.69 Å². The molecule has 21 heavy (non-hydrogen) atoms. The van der Waals surface area contributed by atoms with Crippen molar-refractivity contribution in [2.75, 3.05) is 19.8 Å². The van der Waals surface area contributed by atoms with Crippen LogP contribution in [0.3, 0.4) is 0 Å². The molecule has 1 saturated carbocycles. The number of hydrogen-bond acceptors (Lipinski definition) is 3. The Balaban J connectivity index is 1.68. The first-order valence-corrected chi connectivity index (χ1v) is 8.26. The molecule has 0 aromatic carbocycles. The van der Waals surface area contributed by atoms with Crippen molar-refractivity contribution in [2.24, 2.45) is 0 Å². The average Bonchev–Trinajstić information content (AvgIpc) is 2.63. The number of aliphatic hydroxyl groups excluding tert-OH is 1. The molecule has 2 atom stereocenters. The maximum absolute atomic E-state index is 12.8. The van der Waals surface area contributed by atoms with Gasteiger partial charge in [-0.2, -0.15) is 0 Å². The summed E-state index contributed by atoms with van der Waals surface area (Å²) in [6.07, 6.45) is 7.32. The van der Waals surface area contributed by atoms with Gasteiger partial charge < -0.3 is 15.3 Å². The largest absolute Gasteiger partial charge is 0.387 e. The van der Waals surface area contributed by atoms with Crippen LogP contribution < -0.4 is 10.2 Å². The zero-order valence-electron chi connectivity index (χ0n) is 12.6. The highest BCUT2D eigenvalue weighted by Gasteiger charge is 2.51. The summed E-state index contributed by atoms with van der Waals surface area (Å²) in [4.78, 5) is 27.5. The molecule has 1 aliphatic carbocycles. The molecule has 2 heterocycles. The predicted octanol–water partition coefficient (Wildman–Crippen LogP) is -0.372. The van der Waals surface area contributed by atoms with Gasteiger partial charge in [-0.1, -0.05) is 25.7 Å². The molecular weight excluding hydrogens is 270 g/mol. The zero-order valence-corrected chi connectivity index (χ0v) is 12.6. The highest BCUT2D eigenvalue weighted by atomic mass is 16.3. The van der Waals surface area contributed by atoms with Crippen molar-refractivity contribution in [3.05, 3.63) is 0 Å². The lowest BCUT2D eigenvalue weighted by molar-refractivity contribution is -0.915. The van der Waals surface area contributed by atoms with E-state index >= 15 is 0 Å². The van der Waals surface area contributed by atoms with Gasteiger partial charge in [0.15, 0.2) is 6.67 Å². The molecule has 0 aromatic heterocycles. The van der Waals surface area contributed by atoms with Crippen molar-refractivity contribution in [1.82, 2.24) is 10.2 Å². The molecule has 3 fully saturated rings. The van der Waals surface area contributed by atoms with Crippen LogP contribution in [-0.4, -0.2) is 53.3 Å². The van der Waals surface area contributed by atoms with E-state index in [1.807, 2.05) is 0 Å². The number of piperidine rings is 1. The van der Waals surface area contributed by atoms with Crippen LogP contribution in [0.25, 0.3) is 0 Å². The molecule has 3 aliphatic rings. The molecule has 6 nitrogen and oxygen atoms in total. The first-order chi connectivity index (χ1) is 10.1. The van der Waals surface area contributed by atoms with E-state index < -0.39 is 5.54 Å². The number of likely N-dealkylation sites (tertiary alicyclic amines) is 1. The number of aliphatic hydroxyl groups is 1. The first-order valence-electron chi connectivity index (χ1n) is 8.26. The Labute approximate surface area is 125 Å². The summed E-state index contributed by atoms with van der Waals surface area (Å²) in [7, 11) is 0. The fraction of sp³-hybridized carbons (Fsp3) is 0.867. The van der Waals surface area contributed by atoms with Crippen molar-refractivity contribution in [3.8, 4) is 0 Å². The van der Waals surface area contributed by atoms with Crippen LogP contribution >= 0.6 is 0 Å². The smallest absolute Gasteiger partial charge is 0.329 e. The molecule has 6 heteroatoms. The normalized spacial score (nSPS) is 33.1. The van der Waals surface area contributed by atoms with Gasteiger partial charge in [0, 0.05) is 0 Å². The molecule has 0 radical (unpaired) electrons. The van der Waals surface area contributed by atoms with Crippen molar-refractivity contribution in [3.63, 3.8) is 0 Å². The quantitative estimate of drug-likeness (QED) is 0.609. The second-order valence-electron chi connectivity index (χ2n) is 6.82. The van der Waals surface area contributed by atoms with E-state index in [0.29, 0.717) is 13.2 Å². The maximum Gasteiger partial charge on any atom is 0.329 e. The first kappa shape index (κ1) is 14.8. The summed E-state index contributed by atoms with van der Waals surface area (Å²) in [6, 6.07) is -0.241. The average molecular weight is 296 g/mol. The SMILES string of the molecule is O=C1NC2(CCCCCC2)C(=O)N1C[NH+]1CCC[C@@H](O)C1. The van der Waals surface area contributed by atoms with E-state index in [2.05, 4.69) is 5.32 Å². The van der Waals surface area contributed by atoms with Crippen LogP contribution in [0, 0.1) is 0 Å². The number of imide groups is 1. The highest BCUT2D eigenvalue weighted by molar-refractivity contribution is 6.06. The van der Waals surface area contributed by atoms with Crippen LogP contribution in [0.15, 0.2) is 0 Å². The minimum absolute atomic E-state index is 0.0398. The standard InChI is InChI=1S/C15H25N3O3/c19-12-6-5-9-17(10-12)11-18-13(20)15(16-14(18)21)7-3-1-2-4-8-15/h12,19H,1-11H2,(H,16,21)/p+1/t12-/m1/s1. The number of quaternary nitrogens is 1. The van der Waals surface area contributed by atoms with E-state index in [1.54, 1.807) is 0 Å². The highest BCUT2D eigenvalue weighted by Crippen LogP contribution is 2.32. The Hall–Kier alpha value is -1.14. The van der Waals surface area contributed by atoms with Crippen molar-refractivity contribution in [1.29, 1.82) is 0 Å². The third-order valence-corrected chi connectivity index (χ3v) is 5.18. The summed E-state index contributed by atoms with van der Waals surface area (Å²) in [5, 5.41) is 12.7. The fourth-order valence-electron chi connectivity index (χ4n) is 3.98. The van der Waals surface area contributed by atoms with Crippen molar-refractivity contribution < 1.29 is 19.6 Å². The van der Waals surface area contributed by atoms with Crippen molar-refractivity contribution in [2.45, 2.75) is 63.0 Å². The monoisotopic (exact) mass is 296 g/mol. The van der Waals surface area contributed by atoms with Gasteiger partial charge in [0.2, 0.25) is 0 Å². The Morgan fingerprint density at radius 2 is 1.90 bits per heavy atom. The Kier molecular flexibility index (Phi) is 4.17.